The molecular weight excluding hydrogens is 314 g/mol. The van der Waals surface area contributed by atoms with E-state index < -0.39 is 0 Å². The summed E-state index contributed by atoms with van der Waals surface area (Å²) >= 11 is 0. The average molecular weight is 354 g/mol. The lowest BCUT2D eigenvalue weighted by Gasteiger charge is -2.33. The van der Waals surface area contributed by atoms with Gasteiger partial charge in [0.1, 0.15) is 0 Å². The molecule has 1 saturated heterocycles. The minimum Gasteiger partial charge on any atom is -0.385 e. The van der Waals surface area contributed by atoms with Crippen molar-refractivity contribution in [2.24, 2.45) is 4.99 Å². The number of guanidine groups is 1. The Kier molecular flexibility index (Phi) is 9.58. The molecule has 146 valence electrons. The molecule has 1 aliphatic heterocycles. The maximum Gasteiger partial charge on any atom is 0.191 e. The van der Waals surface area contributed by atoms with Gasteiger partial charge in [-0.1, -0.05) is 12.8 Å². The van der Waals surface area contributed by atoms with E-state index in [-0.39, 0.29) is 0 Å². The summed E-state index contributed by atoms with van der Waals surface area (Å²) in [6.45, 7) is 6.41. The van der Waals surface area contributed by atoms with Crippen LogP contribution in [0.15, 0.2) is 4.99 Å². The molecule has 2 aliphatic rings. The van der Waals surface area contributed by atoms with E-state index in [0.717, 1.165) is 44.7 Å². The van der Waals surface area contributed by atoms with E-state index in [2.05, 4.69) is 32.5 Å². The van der Waals surface area contributed by atoms with Crippen LogP contribution in [0.1, 0.15) is 44.9 Å². The maximum atomic E-state index is 5.14. The predicted octanol–water partition coefficient (Wildman–Crippen LogP) is 1.53. The third-order valence-corrected chi connectivity index (χ3v) is 5.68. The number of likely N-dealkylation sites (N-methyl/N-ethyl adjacent to an activating group) is 1. The standard InChI is InChI=1S/C19H39N5O/c1-20-19(21-11-15-23(2)18-7-4-5-8-18)22-17-9-13-24(14-10-17)12-6-16-25-3/h17-18H,4-16H2,1-3H3,(H2,20,21,22). The van der Waals surface area contributed by atoms with Gasteiger partial charge in [0.15, 0.2) is 5.96 Å². The smallest absolute Gasteiger partial charge is 0.191 e. The van der Waals surface area contributed by atoms with Gasteiger partial charge in [0, 0.05) is 65.6 Å². The van der Waals surface area contributed by atoms with Crippen molar-refractivity contribution in [3.8, 4) is 0 Å². The summed E-state index contributed by atoms with van der Waals surface area (Å²) in [5.74, 6) is 0.956. The van der Waals surface area contributed by atoms with Crippen LogP contribution in [-0.2, 0) is 4.74 Å². The Hall–Kier alpha value is -0.850. The summed E-state index contributed by atoms with van der Waals surface area (Å²) in [7, 11) is 5.91. The van der Waals surface area contributed by atoms with E-state index in [1.165, 1.54) is 51.6 Å². The molecule has 0 aromatic rings. The Morgan fingerprint density at radius 1 is 1.20 bits per heavy atom. The molecule has 0 atom stereocenters. The molecule has 0 aromatic carbocycles. The summed E-state index contributed by atoms with van der Waals surface area (Å²) in [5, 5.41) is 7.10. The van der Waals surface area contributed by atoms with Crippen LogP contribution in [0, 0.1) is 0 Å². The fourth-order valence-electron chi connectivity index (χ4n) is 4.00. The summed E-state index contributed by atoms with van der Waals surface area (Å²) in [4.78, 5) is 9.45. The van der Waals surface area contributed by atoms with Crippen LogP contribution in [0.25, 0.3) is 0 Å². The number of piperidine rings is 1. The minimum absolute atomic E-state index is 0.539. The van der Waals surface area contributed by atoms with Gasteiger partial charge in [-0.05, 0) is 39.2 Å². The van der Waals surface area contributed by atoms with Crippen LogP contribution in [0.3, 0.4) is 0 Å². The molecule has 2 N–H and O–H groups in total. The number of hydrogen-bond acceptors (Lipinski definition) is 4. The molecule has 2 fully saturated rings. The highest BCUT2D eigenvalue weighted by Gasteiger charge is 2.21. The lowest BCUT2D eigenvalue weighted by Crippen LogP contribution is -2.50. The lowest BCUT2D eigenvalue weighted by atomic mass is 10.1. The molecular formula is C19H39N5O. The molecule has 1 heterocycles. The summed E-state index contributed by atoms with van der Waals surface area (Å²) in [6, 6.07) is 1.33. The summed E-state index contributed by atoms with van der Waals surface area (Å²) < 4.78 is 5.14. The highest BCUT2D eigenvalue weighted by atomic mass is 16.5. The molecule has 0 radical (unpaired) electrons. The Balaban J connectivity index is 1.58. The second kappa shape index (κ2) is 11.7. The van der Waals surface area contributed by atoms with Gasteiger partial charge in [0.25, 0.3) is 0 Å². The molecule has 0 aromatic heterocycles. The first-order valence-corrected chi connectivity index (χ1v) is 10.1. The molecule has 0 amide bonds. The zero-order chi connectivity index (χ0) is 17.9. The SMILES string of the molecule is CN=C(NCCN(C)C1CCCC1)NC1CCN(CCCOC)CC1. The normalized spacial score (nSPS) is 21.2. The molecule has 6 heteroatoms. The number of nitrogens with one attached hydrogen (secondary N) is 2. The van der Waals surface area contributed by atoms with Crippen LogP contribution in [0.4, 0.5) is 0 Å². The number of nitrogens with zero attached hydrogens (tertiary/aromatic N) is 3. The van der Waals surface area contributed by atoms with Crippen molar-refractivity contribution >= 4 is 5.96 Å². The fourth-order valence-corrected chi connectivity index (χ4v) is 4.00. The number of likely N-dealkylation sites (tertiary alicyclic amines) is 1. The third kappa shape index (κ3) is 7.50. The van der Waals surface area contributed by atoms with Crippen molar-refractivity contribution in [2.75, 3.05) is 60.5 Å². The van der Waals surface area contributed by atoms with Gasteiger partial charge < -0.3 is 25.2 Å². The Bertz CT molecular complexity index is 376. The van der Waals surface area contributed by atoms with E-state index in [9.17, 15) is 0 Å². The quantitative estimate of drug-likeness (QED) is 0.374. The van der Waals surface area contributed by atoms with E-state index in [1.807, 2.05) is 7.05 Å². The van der Waals surface area contributed by atoms with Crippen molar-refractivity contribution in [3.63, 3.8) is 0 Å². The monoisotopic (exact) mass is 353 g/mol. The van der Waals surface area contributed by atoms with Crippen LogP contribution >= 0.6 is 0 Å². The van der Waals surface area contributed by atoms with E-state index >= 15 is 0 Å². The molecule has 6 nitrogen and oxygen atoms in total. The van der Waals surface area contributed by atoms with E-state index in [4.69, 9.17) is 4.74 Å². The molecule has 1 aliphatic carbocycles. The van der Waals surface area contributed by atoms with Crippen molar-refractivity contribution in [1.29, 1.82) is 0 Å². The second-order valence-corrected chi connectivity index (χ2v) is 7.52. The van der Waals surface area contributed by atoms with Gasteiger partial charge in [0.2, 0.25) is 0 Å². The second-order valence-electron chi connectivity index (χ2n) is 7.52. The number of ether oxygens (including phenoxy) is 1. The molecule has 1 saturated carbocycles. The summed E-state index contributed by atoms with van der Waals surface area (Å²) in [6.07, 6.45) is 9.04. The topological polar surface area (TPSA) is 52.1 Å². The van der Waals surface area contributed by atoms with Crippen molar-refractivity contribution in [1.82, 2.24) is 20.4 Å². The Morgan fingerprint density at radius 3 is 2.56 bits per heavy atom. The zero-order valence-corrected chi connectivity index (χ0v) is 16.6. The Labute approximate surface area is 154 Å². The number of methoxy groups -OCH3 is 1. The van der Waals surface area contributed by atoms with Gasteiger partial charge in [0.05, 0.1) is 0 Å². The fraction of sp³-hybridized carbons (Fsp3) is 0.947. The number of rotatable bonds is 9. The van der Waals surface area contributed by atoms with Gasteiger partial charge in [-0.25, -0.2) is 0 Å². The van der Waals surface area contributed by atoms with Crippen LogP contribution < -0.4 is 10.6 Å². The van der Waals surface area contributed by atoms with E-state index in [0.29, 0.717) is 6.04 Å². The van der Waals surface area contributed by atoms with Gasteiger partial charge in [-0.3, -0.25) is 4.99 Å². The maximum absolute atomic E-state index is 5.14. The van der Waals surface area contributed by atoms with Crippen molar-refractivity contribution in [3.05, 3.63) is 0 Å². The average Bonchev–Trinajstić information content (AvgIpc) is 3.17. The van der Waals surface area contributed by atoms with Gasteiger partial charge >= 0.3 is 0 Å². The molecule has 0 unspecified atom stereocenters. The largest absolute Gasteiger partial charge is 0.385 e. The first-order chi connectivity index (χ1) is 12.2. The molecule has 25 heavy (non-hydrogen) atoms. The highest BCUT2D eigenvalue weighted by molar-refractivity contribution is 5.79. The molecule has 0 bridgehead atoms. The lowest BCUT2D eigenvalue weighted by molar-refractivity contribution is 0.155. The van der Waals surface area contributed by atoms with Crippen LogP contribution in [0.5, 0.6) is 0 Å². The highest BCUT2D eigenvalue weighted by Crippen LogP contribution is 2.21. The van der Waals surface area contributed by atoms with Crippen molar-refractivity contribution < 1.29 is 4.74 Å². The van der Waals surface area contributed by atoms with Crippen LogP contribution in [-0.4, -0.2) is 88.4 Å². The minimum atomic E-state index is 0.539. The number of aliphatic imine (C=N–C) groups is 1. The van der Waals surface area contributed by atoms with Crippen LogP contribution in [0.2, 0.25) is 0 Å². The number of hydrogen-bond donors (Lipinski definition) is 2. The van der Waals surface area contributed by atoms with E-state index in [1.54, 1.807) is 7.11 Å². The van der Waals surface area contributed by atoms with Gasteiger partial charge in [-0.15, -0.1) is 0 Å². The Morgan fingerprint density at radius 2 is 1.92 bits per heavy atom. The molecule has 2 rings (SSSR count). The first-order valence-electron chi connectivity index (χ1n) is 10.1. The third-order valence-electron chi connectivity index (χ3n) is 5.68. The van der Waals surface area contributed by atoms with Crippen molar-refractivity contribution in [2.45, 2.75) is 57.0 Å². The van der Waals surface area contributed by atoms with Gasteiger partial charge in [-0.2, -0.15) is 0 Å². The summed E-state index contributed by atoms with van der Waals surface area (Å²) in [5.41, 5.74) is 0. The molecule has 0 spiro atoms. The first kappa shape index (κ1) is 20.5. The predicted molar refractivity (Wildman–Crippen MR) is 105 cm³/mol. The zero-order valence-electron chi connectivity index (χ0n) is 16.6.